The first-order chi connectivity index (χ1) is 10.1. The zero-order valence-corrected chi connectivity index (χ0v) is 13.1. The van der Waals surface area contributed by atoms with Crippen LogP contribution in [0.2, 0.25) is 5.02 Å². The SMILES string of the molecule is CC(CCCO)NC(=O)NC1(c2ccc(Cl)cc2)CCC1. The van der Waals surface area contributed by atoms with Crippen molar-refractivity contribution in [2.24, 2.45) is 0 Å². The standard InChI is InChI=1S/C16H23ClN2O2/c1-12(4-2-11-20)18-15(21)19-16(9-3-10-16)13-5-7-14(17)8-6-13/h5-8,12,20H,2-4,9-11H2,1H3,(H2,18,19,21). The lowest BCUT2D eigenvalue weighted by Crippen LogP contribution is -2.55. The van der Waals surface area contributed by atoms with Crippen LogP contribution in [0, 0.1) is 0 Å². The van der Waals surface area contributed by atoms with Crippen LogP contribution in [0.4, 0.5) is 4.79 Å². The van der Waals surface area contributed by atoms with Crippen molar-refractivity contribution in [2.75, 3.05) is 6.61 Å². The Labute approximate surface area is 130 Å². The molecule has 1 unspecified atom stereocenters. The number of halogens is 1. The summed E-state index contributed by atoms with van der Waals surface area (Å²) in [5, 5.41) is 15.6. The Balaban J connectivity index is 1.95. The monoisotopic (exact) mass is 310 g/mol. The fourth-order valence-corrected chi connectivity index (χ4v) is 2.86. The molecule has 0 heterocycles. The molecule has 1 saturated carbocycles. The number of aliphatic hydroxyl groups is 1. The summed E-state index contributed by atoms with van der Waals surface area (Å²) < 4.78 is 0. The van der Waals surface area contributed by atoms with E-state index in [1.807, 2.05) is 31.2 Å². The van der Waals surface area contributed by atoms with Gasteiger partial charge in [0, 0.05) is 17.7 Å². The normalized spacial score (nSPS) is 17.7. The number of amides is 2. The lowest BCUT2D eigenvalue weighted by molar-refractivity contribution is 0.174. The molecular formula is C16H23ClN2O2. The molecule has 2 amide bonds. The summed E-state index contributed by atoms with van der Waals surface area (Å²) >= 11 is 5.93. The van der Waals surface area contributed by atoms with Gasteiger partial charge in [0.25, 0.3) is 0 Å². The Morgan fingerprint density at radius 2 is 2.05 bits per heavy atom. The zero-order valence-electron chi connectivity index (χ0n) is 12.4. The third kappa shape index (κ3) is 4.11. The lowest BCUT2D eigenvalue weighted by Gasteiger charge is -2.43. The van der Waals surface area contributed by atoms with Crippen molar-refractivity contribution >= 4 is 17.6 Å². The van der Waals surface area contributed by atoms with Gasteiger partial charge in [-0.25, -0.2) is 4.79 Å². The van der Waals surface area contributed by atoms with E-state index in [0.29, 0.717) is 11.4 Å². The Bertz CT molecular complexity index is 472. The highest BCUT2D eigenvalue weighted by Gasteiger charge is 2.40. The summed E-state index contributed by atoms with van der Waals surface area (Å²) in [6, 6.07) is 7.60. The number of hydrogen-bond acceptors (Lipinski definition) is 2. The number of hydrogen-bond donors (Lipinski definition) is 3. The van der Waals surface area contributed by atoms with Gasteiger partial charge in [0.2, 0.25) is 0 Å². The van der Waals surface area contributed by atoms with Crippen LogP contribution >= 0.6 is 11.6 Å². The first-order valence-corrected chi connectivity index (χ1v) is 7.89. The first kappa shape index (κ1) is 16.1. The maximum Gasteiger partial charge on any atom is 0.315 e. The minimum Gasteiger partial charge on any atom is -0.396 e. The van der Waals surface area contributed by atoms with Crippen LogP contribution in [0.3, 0.4) is 0 Å². The number of carbonyl (C=O) groups is 1. The van der Waals surface area contributed by atoms with Gasteiger partial charge in [-0.05, 0) is 56.7 Å². The molecule has 0 saturated heterocycles. The molecule has 1 fully saturated rings. The number of benzene rings is 1. The van der Waals surface area contributed by atoms with E-state index in [-0.39, 0.29) is 24.2 Å². The molecule has 1 atom stereocenters. The van der Waals surface area contributed by atoms with E-state index in [1.54, 1.807) is 0 Å². The van der Waals surface area contributed by atoms with Gasteiger partial charge in [-0.15, -0.1) is 0 Å². The molecule has 0 spiro atoms. The molecule has 116 valence electrons. The molecule has 0 aliphatic heterocycles. The Morgan fingerprint density at radius 1 is 1.38 bits per heavy atom. The lowest BCUT2D eigenvalue weighted by atomic mass is 9.72. The summed E-state index contributed by atoms with van der Waals surface area (Å²) in [6.45, 7) is 2.10. The average molecular weight is 311 g/mol. The summed E-state index contributed by atoms with van der Waals surface area (Å²) in [5.41, 5.74) is 0.849. The molecule has 0 aromatic heterocycles. The smallest absolute Gasteiger partial charge is 0.315 e. The van der Waals surface area contributed by atoms with Crippen molar-refractivity contribution < 1.29 is 9.90 Å². The quantitative estimate of drug-likeness (QED) is 0.755. The third-order valence-corrected chi connectivity index (χ3v) is 4.38. The van der Waals surface area contributed by atoms with E-state index in [2.05, 4.69) is 10.6 Å². The van der Waals surface area contributed by atoms with Crippen LogP contribution in [0.15, 0.2) is 24.3 Å². The highest BCUT2D eigenvalue weighted by molar-refractivity contribution is 6.30. The van der Waals surface area contributed by atoms with Crippen molar-refractivity contribution in [1.82, 2.24) is 10.6 Å². The predicted octanol–water partition coefficient (Wildman–Crippen LogP) is 3.18. The highest BCUT2D eigenvalue weighted by Crippen LogP contribution is 2.41. The predicted molar refractivity (Wildman–Crippen MR) is 84.4 cm³/mol. The number of carbonyl (C=O) groups excluding carboxylic acids is 1. The summed E-state index contributed by atoms with van der Waals surface area (Å²) in [4.78, 5) is 12.2. The number of nitrogens with one attached hydrogen (secondary N) is 2. The number of urea groups is 1. The van der Waals surface area contributed by atoms with E-state index in [9.17, 15) is 4.79 Å². The van der Waals surface area contributed by atoms with E-state index in [1.165, 1.54) is 0 Å². The molecule has 0 radical (unpaired) electrons. The fraction of sp³-hybridized carbons (Fsp3) is 0.562. The van der Waals surface area contributed by atoms with Gasteiger partial charge in [0.15, 0.2) is 0 Å². The van der Waals surface area contributed by atoms with Crippen molar-refractivity contribution in [3.05, 3.63) is 34.9 Å². The van der Waals surface area contributed by atoms with E-state index >= 15 is 0 Å². The summed E-state index contributed by atoms with van der Waals surface area (Å²) in [7, 11) is 0. The van der Waals surface area contributed by atoms with Gasteiger partial charge in [0.05, 0.1) is 5.54 Å². The maximum absolute atomic E-state index is 12.2. The van der Waals surface area contributed by atoms with Gasteiger partial charge < -0.3 is 15.7 Å². The van der Waals surface area contributed by atoms with Gasteiger partial charge in [-0.3, -0.25) is 0 Å². The Hall–Kier alpha value is -1.26. The molecule has 0 bridgehead atoms. The van der Waals surface area contributed by atoms with Crippen molar-refractivity contribution in [3.8, 4) is 0 Å². The Kier molecular flexibility index (Phi) is 5.48. The maximum atomic E-state index is 12.2. The minimum atomic E-state index is -0.259. The second-order valence-corrected chi connectivity index (χ2v) is 6.24. The van der Waals surface area contributed by atoms with Crippen LogP contribution in [-0.2, 0) is 5.54 Å². The highest BCUT2D eigenvalue weighted by atomic mass is 35.5. The molecule has 1 aliphatic rings. The van der Waals surface area contributed by atoms with Gasteiger partial charge in [0.1, 0.15) is 0 Å². The second-order valence-electron chi connectivity index (χ2n) is 5.81. The molecule has 1 aromatic carbocycles. The Morgan fingerprint density at radius 3 is 2.57 bits per heavy atom. The molecule has 3 N–H and O–H groups in total. The van der Waals surface area contributed by atoms with Gasteiger partial charge in [-0.1, -0.05) is 23.7 Å². The zero-order chi connectivity index (χ0) is 15.3. The molecular weight excluding hydrogens is 288 g/mol. The molecule has 5 heteroatoms. The van der Waals surface area contributed by atoms with Crippen molar-refractivity contribution in [2.45, 2.75) is 50.6 Å². The van der Waals surface area contributed by atoms with E-state index in [0.717, 1.165) is 31.2 Å². The molecule has 21 heavy (non-hydrogen) atoms. The first-order valence-electron chi connectivity index (χ1n) is 7.51. The van der Waals surface area contributed by atoms with Gasteiger partial charge >= 0.3 is 6.03 Å². The molecule has 4 nitrogen and oxygen atoms in total. The molecule has 2 rings (SSSR count). The van der Waals surface area contributed by atoms with Crippen LogP contribution in [0.1, 0.15) is 44.6 Å². The number of rotatable bonds is 6. The van der Waals surface area contributed by atoms with Crippen LogP contribution in [-0.4, -0.2) is 23.8 Å². The van der Waals surface area contributed by atoms with Crippen LogP contribution in [0.25, 0.3) is 0 Å². The van der Waals surface area contributed by atoms with Crippen molar-refractivity contribution in [3.63, 3.8) is 0 Å². The van der Waals surface area contributed by atoms with Crippen molar-refractivity contribution in [1.29, 1.82) is 0 Å². The third-order valence-electron chi connectivity index (χ3n) is 4.13. The topological polar surface area (TPSA) is 61.4 Å². The van der Waals surface area contributed by atoms with Gasteiger partial charge in [-0.2, -0.15) is 0 Å². The second kappa shape index (κ2) is 7.14. The van der Waals surface area contributed by atoms with Crippen LogP contribution < -0.4 is 10.6 Å². The summed E-state index contributed by atoms with van der Waals surface area (Å²) in [5.74, 6) is 0. The van der Waals surface area contributed by atoms with E-state index < -0.39 is 0 Å². The fourth-order valence-electron chi connectivity index (χ4n) is 2.73. The average Bonchev–Trinajstić information content (AvgIpc) is 2.41. The molecule has 1 aromatic rings. The summed E-state index contributed by atoms with van der Waals surface area (Å²) in [6.07, 6.45) is 4.49. The van der Waals surface area contributed by atoms with E-state index in [4.69, 9.17) is 16.7 Å². The minimum absolute atomic E-state index is 0.0551. The molecule has 1 aliphatic carbocycles. The van der Waals surface area contributed by atoms with Crippen LogP contribution in [0.5, 0.6) is 0 Å². The number of aliphatic hydroxyl groups excluding tert-OH is 1. The largest absolute Gasteiger partial charge is 0.396 e.